The van der Waals surface area contributed by atoms with E-state index in [-0.39, 0.29) is 29.7 Å². The Hall–Kier alpha value is -0.870. The van der Waals surface area contributed by atoms with Crippen molar-refractivity contribution in [3.8, 4) is 0 Å². The molecule has 0 saturated heterocycles. The van der Waals surface area contributed by atoms with Crippen LogP contribution in [-0.4, -0.2) is 34.5 Å². The predicted octanol–water partition coefficient (Wildman–Crippen LogP) is 2.99. The van der Waals surface area contributed by atoms with Gasteiger partial charge >= 0.3 is 0 Å². The molecular formula is C18H33IN4O2S. The highest BCUT2D eigenvalue weighted by Gasteiger charge is 2.08. The van der Waals surface area contributed by atoms with Crippen LogP contribution in [0.2, 0.25) is 0 Å². The van der Waals surface area contributed by atoms with Crippen LogP contribution in [0.4, 0.5) is 0 Å². The van der Waals surface area contributed by atoms with E-state index < -0.39 is 10.0 Å². The lowest BCUT2D eigenvalue weighted by Gasteiger charge is -2.11. The van der Waals surface area contributed by atoms with Gasteiger partial charge in [-0.2, -0.15) is 0 Å². The van der Waals surface area contributed by atoms with E-state index in [1.54, 1.807) is 0 Å². The maximum Gasteiger partial charge on any atom is 0.215 e. The van der Waals surface area contributed by atoms with Gasteiger partial charge in [-0.05, 0) is 31.5 Å². The fraction of sp³-hybridized carbons (Fsp3) is 0.611. The van der Waals surface area contributed by atoms with Crippen LogP contribution in [0.5, 0.6) is 0 Å². The molecule has 0 atom stereocenters. The summed E-state index contributed by atoms with van der Waals surface area (Å²) in [6, 6.07) is 7.54. The fourth-order valence-corrected chi connectivity index (χ4v) is 3.14. The van der Waals surface area contributed by atoms with Crippen molar-refractivity contribution in [1.29, 1.82) is 0 Å². The normalized spacial score (nSPS) is 11.7. The molecule has 0 aliphatic carbocycles. The number of guanidine groups is 1. The highest BCUT2D eigenvalue weighted by atomic mass is 127. The SMILES string of the molecule is CCCCCCNC(=NCc1cccc(CS(=O)(=O)NC)c1)NCC.I. The lowest BCUT2D eigenvalue weighted by molar-refractivity contribution is 0.587. The summed E-state index contributed by atoms with van der Waals surface area (Å²) in [6.07, 6.45) is 4.85. The first kappa shape index (κ1) is 25.1. The first-order chi connectivity index (χ1) is 12.0. The summed E-state index contributed by atoms with van der Waals surface area (Å²) in [5.74, 6) is 0.781. The topological polar surface area (TPSA) is 82.6 Å². The van der Waals surface area contributed by atoms with Crippen LogP contribution in [0.1, 0.15) is 50.7 Å². The number of sulfonamides is 1. The second-order valence-corrected chi connectivity index (χ2v) is 7.89. The van der Waals surface area contributed by atoms with E-state index >= 15 is 0 Å². The van der Waals surface area contributed by atoms with Crippen molar-refractivity contribution < 1.29 is 8.42 Å². The van der Waals surface area contributed by atoms with Gasteiger partial charge in [0.15, 0.2) is 5.96 Å². The zero-order chi connectivity index (χ0) is 18.5. The zero-order valence-corrected chi connectivity index (χ0v) is 19.2. The number of hydrogen-bond donors (Lipinski definition) is 3. The molecule has 0 unspecified atom stereocenters. The smallest absolute Gasteiger partial charge is 0.215 e. The van der Waals surface area contributed by atoms with Crippen molar-refractivity contribution in [1.82, 2.24) is 15.4 Å². The molecule has 0 heterocycles. The molecule has 0 fully saturated rings. The summed E-state index contributed by atoms with van der Waals surface area (Å²) in [5, 5.41) is 6.58. The number of unbranched alkanes of at least 4 members (excludes halogenated alkanes) is 3. The number of benzene rings is 1. The van der Waals surface area contributed by atoms with Gasteiger partial charge in [0.2, 0.25) is 10.0 Å². The standard InChI is InChI=1S/C18H32N4O2S.HI/c1-4-6-7-8-12-21-18(20-5-2)22-14-16-10-9-11-17(13-16)15-25(23,24)19-3;/h9-11,13,19H,4-8,12,14-15H2,1-3H3,(H2,20,21,22);1H. The van der Waals surface area contributed by atoms with Crippen LogP contribution < -0.4 is 15.4 Å². The maximum atomic E-state index is 11.7. The van der Waals surface area contributed by atoms with Crippen molar-refractivity contribution >= 4 is 40.0 Å². The Morgan fingerprint density at radius 3 is 2.46 bits per heavy atom. The van der Waals surface area contributed by atoms with Crippen LogP contribution in [0.3, 0.4) is 0 Å². The molecule has 1 rings (SSSR count). The lowest BCUT2D eigenvalue weighted by Crippen LogP contribution is -2.37. The van der Waals surface area contributed by atoms with Crippen LogP contribution in [0.15, 0.2) is 29.3 Å². The molecule has 0 amide bonds. The van der Waals surface area contributed by atoms with Gasteiger partial charge in [0.25, 0.3) is 0 Å². The molecule has 0 aliphatic rings. The average molecular weight is 496 g/mol. The number of nitrogens with zero attached hydrogens (tertiary/aromatic N) is 1. The van der Waals surface area contributed by atoms with Gasteiger partial charge in [0, 0.05) is 13.1 Å². The van der Waals surface area contributed by atoms with Crippen molar-refractivity contribution in [3.63, 3.8) is 0 Å². The van der Waals surface area contributed by atoms with E-state index in [1.807, 2.05) is 31.2 Å². The largest absolute Gasteiger partial charge is 0.357 e. The Bertz CT molecular complexity index is 636. The number of hydrogen-bond acceptors (Lipinski definition) is 3. The second kappa shape index (κ2) is 14.2. The van der Waals surface area contributed by atoms with Gasteiger partial charge in [-0.3, -0.25) is 0 Å². The monoisotopic (exact) mass is 496 g/mol. The van der Waals surface area contributed by atoms with Gasteiger partial charge in [-0.1, -0.05) is 50.5 Å². The van der Waals surface area contributed by atoms with E-state index in [1.165, 1.54) is 26.3 Å². The molecule has 0 aromatic heterocycles. The fourth-order valence-electron chi connectivity index (χ4n) is 2.38. The Balaban J connectivity index is 0.00000625. The maximum absolute atomic E-state index is 11.7. The van der Waals surface area contributed by atoms with Crippen molar-refractivity contribution in [2.24, 2.45) is 4.99 Å². The lowest BCUT2D eigenvalue weighted by atomic mass is 10.1. The molecular weight excluding hydrogens is 463 g/mol. The van der Waals surface area contributed by atoms with Gasteiger partial charge < -0.3 is 10.6 Å². The van der Waals surface area contributed by atoms with Crippen molar-refractivity contribution in [3.05, 3.63) is 35.4 Å². The minimum Gasteiger partial charge on any atom is -0.357 e. The molecule has 1 aromatic rings. The number of rotatable bonds is 11. The summed E-state index contributed by atoms with van der Waals surface area (Å²) in [6.45, 7) is 6.47. The number of nitrogens with one attached hydrogen (secondary N) is 3. The molecule has 150 valence electrons. The van der Waals surface area contributed by atoms with E-state index in [2.05, 4.69) is 27.3 Å². The van der Waals surface area contributed by atoms with Crippen molar-refractivity contribution in [2.75, 3.05) is 20.1 Å². The molecule has 26 heavy (non-hydrogen) atoms. The second-order valence-electron chi connectivity index (χ2n) is 5.97. The highest BCUT2D eigenvalue weighted by molar-refractivity contribution is 14.0. The number of aliphatic imine (C=N–C) groups is 1. The highest BCUT2D eigenvalue weighted by Crippen LogP contribution is 2.09. The van der Waals surface area contributed by atoms with Crippen LogP contribution in [-0.2, 0) is 22.3 Å². The third-order valence-electron chi connectivity index (χ3n) is 3.75. The molecule has 0 spiro atoms. The predicted molar refractivity (Wildman–Crippen MR) is 121 cm³/mol. The van der Waals surface area contributed by atoms with Crippen LogP contribution in [0, 0.1) is 0 Å². The van der Waals surface area contributed by atoms with Gasteiger partial charge in [0.05, 0.1) is 12.3 Å². The number of halogens is 1. The summed E-state index contributed by atoms with van der Waals surface area (Å²) < 4.78 is 25.7. The minimum atomic E-state index is -3.26. The Morgan fingerprint density at radius 1 is 1.08 bits per heavy atom. The van der Waals surface area contributed by atoms with E-state index in [4.69, 9.17) is 0 Å². The van der Waals surface area contributed by atoms with Gasteiger partial charge in [0.1, 0.15) is 0 Å². The molecule has 0 aliphatic heterocycles. The Kier molecular flexibility index (Phi) is 13.7. The summed E-state index contributed by atoms with van der Waals surface area (Å²) in [4.78, 5) is 4.59. The molecule has 8 heteroatoms. The zero-order valence-electron chi connectivity index (χ0n) is 16.0. The van der Waals surface area contributed by atoms with Crippen LogP contribution >= 0.6 is 24.0 Å². The molecule has 0 bridgehead atoms. The first-order valence-corrected chi connectivity index (χ1v) is 10.7. The van der Waals surface area contributed by atoms with Gasteiger partial charge in [-0.25, -0.2) is 18.1 Å². The quantitative estimate of drug-likeness (QED) is 0.191. The third kappa shape index (κ3) is 11.0. The molecule has 1 aromatic carbocycles. The average Bonchev–Trinajstić information content (AvgIpc) is 2.59. The van der Waals surface area contributed by atoms with E-state index in [0.29, 0.717) is 6.54 Å². The third-order valence-corrected chi connectivity index (χ3v) is 5.08. The molecule has 3 N–H and O–H groups in total. The van der Waals surface area contributed by atoms with Crippen LogP contribution in [0.25, 0.3) is 0 Å². The molecule has 0 saturated carbocycles. The Morgan fingerprint density at radius 2 is 1.81 bits per heavy atom. The van der Waals surface area contributed by atoms with Crippen molar-refractivity contribution in [2.45, 2.75) is 51.8 Å². The summed E-state index contributed by atoms with van der Waals surface area (Å²) in [7, 11) is -1.83. The molecule has 0 radical (unpaired) electrons. The molecule has 6 nitrogen and oxygen atoms in total. The Labute approximate surface area is 175 Å². The summed E-state index contributed by atoms with van der Waals surface area (Å²) in [5.41, 5.74) is 1.76. The minimum absolute atomic E-state index is 0. The van der Waals surface area contributed by atoms with Gasteiger partial charge in [-0.15, -0.1) is 24.0 Å². The first-order valence-electron chi connectivity index (χ1n) is 9.02. The van der Waals surface area contributed by atoms with E-state index in [0.717, 1.165) is 36.6 Å². The van der Waals surface area contributed by atoms with E-state index in [9.17, 15) is 8.42 Å². The summed E-state index contributed by atoms with van der Waals surface area (Å²) >= 11 is 0.